The number of nitrogens with zero attached hydrogens (tertiary/aromatic N) is 1. The van der Waals surface area contributed by atoms with Crippen LogP contribution in [0.15, 0.2) is 64.2 Å². The third-order valence-electron chi connectivity index (χ3n) is 3.48. The number of para-hydroxylation sites is 1. The van der Waals surface area contributed by atoms with Crippen molar-refractivity contribution in [1.29, 1.82) is 0 Å². The molecule has 0 spiro atoms. The largest absolute Gasteiger partial charge is 0.494 e. The van der Waals surface area contributed by atoms with Gasteiger partial charge in [-0.15, -0.1) is 24.0 Å². The van der Waals surface area contributed by atoms with Crippen LogP contribution in [0.2, 0.25) is 0 Å². The Balaban J connectivity index is 0.00000338. The van der Waals surface area contributed by atoms with Gasteiger partial charge in [0.15, 0.2) is 5.96 Å². The summed E-state index contributed by atoms with van der Waals surface area (Å²) in [7, 11) is 0. The lowest BCUT2D eigenvalue weighted by Gasteiger charge is -2.13. The van der Waals surface area contributed by atoms with Crippen molar-refractivity contribution in [3.05, 3.63) is 66.1 Å². The molecule has 6 heteroatoms. The van der Waals surface area contributed by atoms with Crippen LogP contribution in [0.4, 0.5) is 0 Å². The molecule has 0 aliphatic carbocycles. The number of guanidine groups is 1. The van der Waals surface area contributed by atoms with Gasteiger partial charge >= 0.3 is 0 Å². The van der Waals surface area contributed by atoms with Crippen molar-refractivity contribution < 1.29 is 9.15 Å². The quantitative estimate of drug-likeness (QED) is 0.251. The minimum absolute atomic E-state index is 0. The molecule has 0 aliphatic rings. The van der Waals surface area contributed by atoms with Gasteiger partial charge in [0.25, 0.3) is 0 Å². The van der Waals surface area contributed by atoms with E-state index >= 15 is 0 Å². The Hall–Kier alpha value is -1.96. The second-order valence-electron chi connectivity index (χ2n) is 5.77. The molecule has 2 rings (SSSR count). The molecule has 1 heterocycles. The summed E-state index contributed by atoms with van der Waals surface area (Å²) in [5.74, 6) is 2.58. The van der Waals surface area contributed by atoms with Crippen LogP contribution in [0, 0.1) is 0 Å². The van der Waals surface area contributed by atoms with Crippen molar-refractivity contribution in [2.75, 3.05) is 19.7 Å². The molecule has 1 aromatic heterocycles. The average molecular weight is 469 g/mol. The summed E-state index contributed by atoms with van der Waals surface area (Å²) < 4.78 is 11.0. The molecule has 0 fully saturated rings. The van der Waals surface area contributed by atoms with Gasteiger partial charge in [-0.3, -0.25) is 0 Å². The summed E-state index contributed by atoms with van der Waals surface area (Å²) in [6.45, 7) is 10.5. The Bertz CT molecular complexity index is 684. The Morgan fingerprint density at radius 1 is 1.19 bits per heavy atom. The lowest BCUT2D eigenvalue weighted by Crippen LogP contribution is -2.39. The third kappa shape index (κ3) is 7.95. The van der Waals surface area contributed by atoms with Crippen LogP contribution < -0.4 is 15.4 Å². The molecule has 0 saturated heterocycles. The first-order valence-corrected chi connectivity index (χ1v) is 8.58. The first-order valence-electron chi connectivity index (χ1n) is 8.58. The maximum absolute atomic E-state index is 5.66. The number of hydrogen-bond acceptors (Lipinski definition) is 3. The van der Waals surface area contributed by atoms with Crippen LogP contribution in [0.5, 0.6) is 5.75 Å². The van der Waals surface area contributed by atoms with Crippen LogP contribution in [0.1, 0.15) is 25.2 Å². The summed E-state index contributed by atoms with van der Waals surface area (Å²) in [6, 6.07) is 11.8. The Kier molecular flexibility index (Phi) is 10.5. The number of aliphatic imine (C=N–C) groups is 1. The molecule has 5 nitrogen and oxygen atoms in total. The van der Waals surface area contributed by atoms with E-state index in [1.807, 2.05) is 50.2 Å². The van der Waals surface area contributed by atoms with Crippen molar-refractivity contribution in [3.8, 4) is 5.75 Å². The summed E-state index contributed by atoms with van der Waals surface area (Å²) >= 11 is 0. The van der Waals surface area contributed by atoms with Gasteiger partial charge in [-0.2, -0.15) is 0 Å². The first-order chi connectivity index (χ1) is 12.2. The van der Waals surface area contributed by atoms with E-state index in [9.17, 15) is 0 Å². The van der Waals surface area contributed by atoms with Crippen molar-refractivity contribution in [2.45, 2.75) is 26.8 Å². The van der Waals surface area contributed by atoms with Crippen molar-refractivity contribution in [1.82, 2.24) is 10.6 Å². The van der Waals surface area contributed by atoms with Crippen LogP contribution in [0.25, 0.3) is 0 Å². The average Bonchev–Trinajstić information content (AvgIpc) is 3.11. The van der Waals surface area contributed by atoms with Crippen LogP contribution in [-0.2, 0) is 13.0 Å². The highest BCUT2D eigenvalue weighted by Gasteiger charge is 2.04. The van der Waals surface area contributed by atoms with Crippen LogP contribution in [-0.4, -0.2) is 25.7 Å². The normalized spacial score (nSPS) is 10.8. The fourth-order valence-electron chi connectivity index (χ4n) is 2.26. The van der Waals surface area contributed by atoms with E-state index < -0.39 is 0 Å². The second kappa shape index (κ2) is 12.4. The Morgan fingerprint density at radius 2 is 2.00 bits per heavy atom. The van der Waals surface area contributed by atoms with Gasteiger partial charge in [-0.05, 0) is 32.0 Å². The topological polar surface area (TPSA) is 58.8 Å². The smallest absolute Gasteiger partial charge is 0.191 e. The second-order valence-corrected chi connectivity index (χ2v) is 5.77. The molecule has 0 atom stereocenters. The molecular formula is C20H28IN3O2. The SMILES string of the molecule is C=C(C)CNC(=NCc1ccccc1OCC)NCCc1ccco1.I. The van der Waals surface area contributed by atoms with Gasteiger partial charge in [-0.25, -0.2) is 4.99 Å². The van der Waals surface area contributed by atoms with E-state index in [2.05, 4.69) is 22.2 Å². The van der Waals surface area contributed by atoms with Crippen molar-refractivity contribution >= 4 is 29.9 Å². The monoisotopic (exact) mass is 469 g/mol. The van der Waals surface area contributed by atoms with E-state index in [0.717, 1.165) is 41.6 Å². The molecule has 2 N–H and O–H groups in total. The fourth-order valence-corrected chi connectivity index (χ4v) is 2.26. The first kappa shape index (κ1) is 22.1. The summed E-state index contributed by atoms with van der Waals surface area (Å²) in [5, 5.41) is 6.62. The molecule has 0 radical (unpaired) electrons. The van der Waals surface area contributed by atoms with E-state index in [1.54, 1.807) is 6.26 Å². The number of furan rings is 1. The molecular weight excluding hydrogens is 441 g/mol. The molecule has 2 aromatic rings. The summed E-state index contributed by atoms with van der Waals surface area (Å²) in [4.78, 5) is 4.67. The Morgan fingerprint density at radius 3 is 2.69 bits per heavy atom. The van der Waals surface area contributed by atoms with E-state index in [1.165, 1.54) is 0 Å². The van der Waals surface area contributed by atoms with Gasteiger partial charge in [0, 0.05) is 25.1 Å². The van der Waals surface area contributed by atoms with Gasteiger partial charge in [0.1, 0.15) is 11.5 Å². The standard InChI is InChI=1S/C20H27N3O2.HI/c1-4-24-19-10-6-5-8-17(19)15-23-20(22-14-16(2)3)21-12-11-18-9-7-13-25-18;/h5-10,13H,2,4,11-12,14-15H2,1,3H3,(H2,21,22,23);1H. The zero-order valence-corrected chi connectivity index (χ0v) is 17.8. The number of benzene rings is 1. The van der Waals surface area contributed by atoms with Crippen LogP contribution in [0.3, 0.4) is 0 Å². The van der Waals surface area contributed by atoms with Gasteiger partial charge in [-0.1, -0.05) is 30.4 Å². The zero-order valence-electron chi connectivity index (χ0n) is 15.5. The molecule has 0 aliphatic heterocycles. The molecule has 0 saturated carbocycles. The summed E-state index contributed by atoms with van der Waals surface area (Å²) in [6.07, 6.45) is 2.49. The van der Waals surface area contributed by atoms with Gasteiger partial charge in [0.2, 0.25) is 0 Å². The number of hydrogen-bond donors (Lipinski definition) is 2. The van der Waals surface area contributed by atoms with E-state index in [0.29, 0.717) is 19.7 Å². The lowest BCUT2D eigenvalue weighted by molar-refractivity contribution is 0.336. The van der Waals surface area contributed by atoms with Crippen molar-refractivity contribution in [3.63, 3.8) is 0 Å². The number of halogens is 1. The maximum atomic E-state index is 5.66. The van der Waals surface area contributed by atoms with Crippen molar-refractivity contribution in [2.24, 2.45) is 4.99 Å². The third-order valence-corrected chi connectivity index (χ3v) is 3.48. The predicted molar refractivity (Wildman–Crippen MR) is 117 cm³/mol. The molecule has 26 heavy (non-hydrogen) atoms. The number of nitrogens with one attached hydrogen (secondary N) is 2. The number of rotatable bonds is 9. The molecule has 142 valence electrons. The minimum Gasteiger partial charge on any atom is -0.494 e. The number of ether oxygens (including phenoxy) is 1. The Labute approximate surface area is 172 Å². The highest BCUT2D eigenvalue weighted by molar-refractivity contribution is 14.0. The van der Waals surface area contributed by atoms with Gasteiger partial charge in [0.05, 0.1) is 19.4 Å². The predicted octanol–water partition coefficient (Wildman–Crippen LogP) is 4.15. The zero-order chi connectivity index (χ0) is 17.9. The molecule has 1 aromatic carbocycles. The van der Waals surface area contributed by atoms with E-state index in [4.69, 9.17) is 9.15 Å². The fraction of sp³-hybridized carbons (Fsp3) is 0.350. The molecule has 0 bridgehead atoms. The van der Waals surface area contributed by atoms with E-state index in [-0.39, 0.29) is 24.0 Å². The van der Waals surface area contributed by atoms with Crippen LogP contribution >= 0.6 is 24.0 Å². The minimum atomic E-state index is 0. The van der Waals surface area contributed by atoms with Gasteiger partial charge < -0.3 is 19.8 Å². The molecule has 0 unspecified atom stereocenters. The summed E-state index contributed by atoms with van der Waals surface area (Å²) in [5.41, 5.74) is 2.11. The highest BCUT2D eigenvalue weighted by Crippen LogP contribution is 2.18. The highest BCUT2D eigenvalue weighted by atomic mass is 127. The molecule has 0 amide bonds. The maximum Gasteiger partial charge on any atom is 0.191 e. The lowest BCUT2D eigenvalue weighted by atomic mass is 10.2.